The number of aromatic nitrogens is 1. The van der Waals surface area contributed by atoms with Crippen molar-refractivity contribution in [2.75, 3.05) is 5.73 Å². The molecule has 0 aliphatic heterocycles. The molecular weight excluding hydrogens is 198 g/mol. The van der Waals surface area contributed by atoms with Gasteiger partial charge in [-0.15, -0.1) is 0 Å². The lowest BCUT2D eigenvalue weighted by Gasteiger charge is -2.31. The summed E-state index contributed by atoms with van der Waals surface area (Å²) in [7, 11) is 0. The Labute approximate surface area is 97.2 Å². The van der Waals surface area contributed by atoms with Gasteiger partial charge in [0.2, 0.25) is 0 Å². The van der Waals surface area contributed by atoms with Crippen LogP contribution in [0.4, 0.5) is 5.82 Å². The minimum Gasteiger partial charge on any atom is -0.383 e. The summed E-state index contributed by atoms with van der Waals surface area (Å²) >= 11 is 0. The molecule has 1 unspecified atom stereocenters. The molecule has 16 heavy (non-hydrogen) atoms. The summed E-state index contributed by atoms with van der Waals surface area (Å²) in [6.07, 6.45) is 6.74. The predicted molar refractivity (Wildman–Crippen MR) is 66.7 cm³/mol. The molecule has 4 N–H and O–H groups in total. The van der Waals surface area contributed by atoms with E-state index in [1.54, 1.807) is 6.20 Å². The van der Waals surface area contributed by atoms with Crippen molar-refractivity contribution in [1.29, 1.82) is 0 Å². The average Bonchev–Trinajstić information content (AvgIpc) is 2.30. The largest absolute Gasteiger partial charge is 0.383 e. The van der Waals surface area contributed by atoms with Crippen LogP contribution in [0.5, 0.6) is 0 Å². The summed E-state index contributed by atoms with van der Waals surface area (Å²) in [5.74, 6) is 2.02. The van der Waals surface area contributed by atoms with Crippen molar-refractivity contribution in [2.45, 2.75) is 38.6 Å². The Bertz CT molecular complexity index is 343. The third-order valence-corrected chi connectivity index (χ3v) is 3.80. The van der Waals surface area contributed by atoms with Gasteiger partial charge in [0.15, 0.2) is 0 Å². The lowest BCUT2D eigenvalue weighted by molar-refractivity contribution is 0.256. The molecule has 1 fully saturated rings. The molecule has 1 heterocycles. The zero-order valence-electron chi connectivity index (χ0n) is 9.89. The highest BCUT2D eigenvalue weighted by Gasteiger charge is 2.25. The van der Waals surface area contributed by atoms with E-state index in [0.717, 1.165) is 11.5 Å². The first-order valence-electron chi connectivity index (χ1n) is 6.14. The van der Waals surface area contributed by atoms with Gasteiger partial charge in [0.25, 0.3) is 0 Å². The van der Waals surface area contributed by atoms with Crippen LogP contribution < -0.4 is 11.5 Å². The quantitative estimate of drug-likeness (QED) is 0.803. The summed E-state index contributed by atoms with van der Waals surface area (Å²) in [5.41, 5.74) is 13.2. The van der Waals surface area contributed by atoms with E-state index in [1.807, 2.05) is 12.1 Å². The fourth-order valence-electron chi connectivity index (χ4n) is 2.61. The summed E-state index contributed by atoms with van der Waals surface area (Å²) in [6.45, 7) is 2.32. The van der Waals surface area contributed by atoms with Gasteiger partial charge in [-0.1, -0.05) is 25.8 Å². The summed E-state index contributed by atoms with van der Waals surface area (Å²) in [4.78, 5) is 4.11. The lowest BCUT2D eigenvalue weighted by atomic mass is 9.78. The Morgan fingerprint density at radius 3 is 2.62 bits per heavy atom. The Morgan fingerprint density at radius 1 is 1.31 bits per heavy atom. The molecule has 0 saturated heterocycles. The number of rotatable bonds is 2. The minimum atomic E-state index is 0.0567. The maximum atomic E-state index is 6.30. The fourth-order valence-corrected chi connectivity index (χ4v) is 2.61. The molecule has 0 amide bonds. The first kappa shape index (κ1) is 11.4. The number of nitrogen functional groups attached to an aromatic ring is 1. The van der Waals surface area contributed by atoms with Crippen molar-refractivity contribution >= 4 is 5.82 Å². The highest BCUT2D eigenvalue weighted by Crippen LogP contribution is 2.36. The third kappa shape index (κ3) is 2.35. The molecular formula is C13H21N3. The molecule has 88 valence electrons. The molecule has 1 aliphatic carbocycles. The van der Waals surface area contributed by atoms with Crippen LogP contribution >= 0.6 is 0 Å². The van der Waals surface area contributed by atoms with Crippen LogP contribution in [0, 0.1) is 11.8 Å². The monoisotopic (exact) mass is 219 g/mol. The van der Waals surface area contributed by atoms with Crippen LogP contribution in [0.3, 0.4) is 0 Å². The summed E-state index contributed by atoms with van der Waals surface area (Å²) in [6, 6.07) is 3.98. The number of hydrogen-bond acceptors (Lipinski definition) is 3. The van der Waals surface area contributed by atoms with Crippen LogP contribution in [0.25, 0.3) is 0 Å². The van der Waals surface area contributed by atoms with Crippen LogP contribution in [0.15, 0.2) is 18.3 Å². The minimum absolute atomic E-state index is 0.0567. The molecule has 0 bridgehead atoms. The van der Waals surface area contributed by atoms with Crippen molar-refractivity contribution in [3.63, 3.8) is 0 Å². The Hall–Kier alpha value is -1.09. The second-order valence-electron chi connectivity index (χ2n) is 5.02. The van der Waals surface area contributed by atoms with Crippen molar-refractivity contribution in [3.8, 4) is 0 Å². The molecule has 3 nitrogen and oxygen atoms in total. The standard InChI is InChI=1S/C13H21N3/c1-9-4-6-10(7-5-9)12(14)11-3-2-8-16-13(11)15/h2-3,8-10,12H,4-7,14H2,1H3,(H2,15,16). The highest BCUT2D eigenvalue weighted by atomic mass is 14.8. The zero-order chi connectivity index (χ0) is 11.5. The lowest BCUT2D eigenvalue weighted by Crippen LogP contribution is -2.26. The molecule has 3 heteroatoms. The second kappa shape index (κ2) is 4.83. The van der Waals surface area contributed by atoms with Crippen molar-refractivity contribution in [2.24, 2.45) is 17.6 Å². The SMILES string of the molecule is CC1CCC(C(N)c2cccnc2N)CC1. The topological polar surface area (TPSA) is 64.9 Å². The number of nitrogens with zero attached hydrogens (tertiary/aromatic N) is 1. The first-order valence-corrected chi connectivity index (χ1v) is 6.14. The van der Waals surface area contributed by atoms with Gasteiger partial charge >= 0.3 is 0 Å². The highest BCUT2D eigenvalue weighted by molar-refractivity contribution is 5.40. The van der Waals surface area contributed by atoms with Crippen LogP contribution in [-0.4, -0.2) is 4.98 Å². The predicted octanol–water partition coefficient (Wildman–Crippen LogP) is 2.49. The van der Waals surface area contributed by atoms with Gasteiger partial charge in [0, 0.05) is 17.8 Å². The Kier molecular flexibility index (Phi) is 3.44. The number of hydrogen-bond donors (Lipinski definition) is 2. The fraction of sp³-hybridized carbons (Fsp3) is 0.615. The van der Waals surface area contributed by atoms with Gasteiger partial charge in [-0.25, -0.2) is 4.98 Å². The second-order valence-corrected chi connectivity index (χ2v) is 5.02. The van der Waals surface area contributed by atoms with Gasteiger partial charge < -0.3 is 11.5 Å². The molecule has 2 rings (SSSR count). The van der Waals surface area contributed by atoms with E-state index in [-0.39, 0.29) is 6.04 Å². The van der Waals surface area contributed by atoms with Gasteiger partial charge in [0.1, 0.15) is 5.82 Å². The van der Waals surface area contributed by atoms with Crippen molar-refractivity contribution in [1.82, 2.24) is 4.98 Å². The smallest absolute Gasteiger partial charge is 0.128 e. The van der Waals surface area contributed by atoms with E-state index in [2.05, 4.69) is 11.9 Å². The van der Waals surface area contributed by atoms with Gasteiger partial charge in [-0.2, -0.15) is 0 Å². The van der Waals surface area contributed by atoms with E-state index in [0.29, 0.717) is 11.7 Å². The first-order chi connectivity index (χ1) is 7.68. The number of anilines is 1. The van der Waals surface area contributed by atoms with Crippen molar-refractivity contribution < 1.29 is 0 Å². The van der Waals surface area contributed by atoms with Gasteiger partial charge in [0.05, 0.1) is 0 Å². The number of pyridine rings is 1. The van der Waals surface area contributed by atoms with Gasteiger partial charge in [-0.3, -0.25) is 0 Å². The van der Waals surface area contributed by atoms with Crippen molar-refractivity contribution in [3.05, 3.63) is 23.9 Å². The van der Waals surface area contributed by atoms with Crippen LogP contribution in [0.2, 0.25) is 0 Å². The normalized spacial score (nSPS) is 27.6. The molecule has 1 atom stereocenters. The Balaban J connectivity index is 2.07. The molecule has 1 saturated carbocycles. The van der Waals surface area contributed by atoms with E-state index in [9.17, 15) is 0 Å². The van der Waals surface area contributed by atoms with E-state index in [4.69, 9.17) is 11.5 Å². The number of nitrogens with two attached hydrogens (primary N) is 2. The van der Waals surface area contributed by atoms with E-state index >= 15 is 0 Å². The van der Waals surface area contributed by atoms with E-state index < -0.39 is 0 Å². The maximum Gasteiger partial charge on any atom is 0.128 e. The third-order valence-electron chi connectivity index (χ3n) is 3.80. The van der Waals surface area contributed by atoms with Gasteiger partial charge in [-0.05, 0) is 30.7 Å². The molecule has 0 spiro atoms. The molecule has 0 radical (unpaired) electrons. The average molecular weight is 219 g/mol. The van der Waals surface area contributed by atoms with Crippen LogP contribution in [0.1, 0.15) is 44.2 Å². The molecule has 0 aromatic carbocycles. The summed E-state index contributed by atoms with van der Waals surface area (Å²) < 4.78 is 0. The Morgan fingerprint density at radius 2 is 2.00 bits per heavy atom. The summed E-state index contributed by atoms with van der Waals surface area (Å²) in [5, 5.41) is 0. The van der Waals surface area contributed by atoms with Crippen LogP contribution in [-0.2, 0) is 0 Å². The molecule has 1 aromatic heterocycles. The zero-order valence-corrected chi connectivity index (χ0v) is 9.89. The van der Waals surface area contributed by atoms with E-state index in [1.165, 1.54) is 25.7 Å². The molecule has 1 aromatic rings. The molecule has 1 aliphatic rings. The maximum absolute atomic E-state index is 6.30.